The van der Waals surface area contributed by atoms with Crippen LogP contribution >= 0.6 is 11.8 Å². The van der Waals surface area contributed by atoms with Gasteiger partial charge in [-0.2, -0.15) is 5.10 Å². The van der Waals surface area contributed by atoms with Gasteiger partial charge in [0.1, 0.15) is 6.10 Å². The molecule has 0 radical (unpaired) electrons. The minimum atomic E-state index is -0.366. The highest BCUT2D eigenvalue weighted by molar-refractivity contribution is 7.99. The van der Waals surface area contributed by atoms with Crippen molar-refractivity contribution in [1.82, 2.24) is 5.43 Å². The molecule has 128 valence electrons. The zero-order chi connectivity index (χ0) is 17.2. The van der Waals surface area contributed by atoms with Gasteiger partial charge in [0.25, 0.3) is 5.91 Å². The average molecular weight is 353 g/mol. The summed E-state index contributed by atoms with van der Waals surface area (Å²) in [5.74, 6) is -0.169. The minimum absolute atomic E-state index is 0.169. The number of anilines is 2. The van der Waals surface area contributed by atoms with Crippen LogP contribution in [0.4, 0.5) is 11.4 Å². The first-order valence-corrected chi connectivity index (χ1v) is 9.16. The molecule has 2 aromatic rings. The lowest BCUT2D eigenvalue weighted by atomic mass is 10.1. The van der Waals surface area contributed by atoms with Gasteiger partial charge in [-0.25, -0.2) is 5.43 Å². The van der Waals surface area contributed by atoms with Crippen molar-refractivity contribution in [2.45, 2.75) is 35.7 Å². The third-order valence-electron chi connectivity index (χ3n) is 4.33. The fourth-order valence-electron chi connectivity index (χ4n) is 2.92. The molecule has 0 saturated carbocycles. The van der Waals surface area contributed by atoms with Crippen molar-refractivity contribution in [3.8, 4) is 0 Å². The highest BCUT2D eigenvalue weighted by atomic mass is 32.2. The molecule has 1 amide bonds. The Labute approximate surface area is 150 Å². The Morgan fingerprint density at radius 1 is 1.24 bits per heavy atom. The van der Waals surface area contributed by atoms with Crippen molar-refractivity contribution in [3.05, 3.63) is 48.0 Å². The maximum atomic E-state index is 12.0. The largest absolute Gasteiger partial charge is 0.368 e. The van der Waals surface area contributed by atoms with E-state index in [0.29, 0.717) is 6.61 Å². The first-order valence-electron chi connectivity index (χ1n) is 8.35. The number of para-hydroxylation sites is 1. The molecule has 1 fully saturated rings. The number of hydrogen-bond acceptors (Lipinski definition) is 5. The number of nitrogens with zero attached hydrogens (tertiary/aromatic N) is 1. The molecule has 0 bridgehead atoms. The monoisotopic (exact) mass is 353 g/mol. The second-order valence-electron chi connectivity index (χ2n) is 6.11. The Kier molecular flexibility index (Phi) is 4.46. The smallest absolute Gasteiger partial charge is 0.269 e. The van der Waals surface area contributed by atoms with Crippen molar-refractivity contribution in [1.29, 1.82) is 0 Å². The van der Waals surface area contributed by atoms with E-state index in [-0.39, 0.29) is 12.0 Å². The first-order chi connectivity index (χ1) is 12.2. The molecule has 2 N–H and O–H groups in total. The van der Waals surface area contributed by atoms with Gasteiger partial charge in [-0.15, -0.1) is 0 Å². The molecule has 1 unspecified atom stereocenters. The van der Waals surface area contributed by atoms with Gasteiger partial charge in [-0.05, 0) is 49.6 Å². The SMILES string of the molecule is C/C(=N\NC(=O)C1CCCO1)c1ccc2c(c1)Nc1ccccc1S2. The molecule has 6 heteroatoms. The first kappa shape index (κ1) is 16.2. The number of rotatable bonds is 3. The molecule has 2 aliphatic rings. The number of benzene rings is 2. The highest BCUT2D eigenvalue weighted by Crippen LogP contribution is 2.44. The van der Waals surface area contributed by atoms with Crippen LogP contribution in [0, 0.1) is 0 Å². The van der Waals surface area contributed by atoms with E-state index in [1.807, 2.05) is 25.1 Å². The zero-order valence-electron chi connectivity index (χ0n) is 13.9. The fraction of sp³-hybridized carbons (Fsp3) is 0.263. The number of ether oxygens (including phenoxy) is 1. The Balaban J connectivity index is 1.50. The van der Waals surface area contributed by atoms with E-state index in [1.165, 1.54) is 9.79 Å². The lowest BCUT2D eigenvalue weighted by molar-refractivity contribution is -0.130. The molecule has 0 aliphatic carbocycles. The van der Waals surface area contributed by atoms with Crippen LogP contribution in [0.1, 0.15) is 25.3 Å². The van der Waals surface area contributed by atoms with Crippen LogP contribution < -0.4 is 10.7 Å². The van der Waals surface area contributed by atoms with Crippen LogP contribution in [0.2, 0.25) is 0 Å². The van der Waals surface area contributed by atoms with Gasteiger partial charge in [0.2, 0.25) is 0 Å². The van der Waals surface area contributed by atoms with Gasteiger partial charge >= 0.3 is 0 Å². The van der Waals surface area contributed by atoms with Gasteiger partial charge in [-0.1, -0.05) is 30.0 Å². The quantitative estimate of drug-likeness (QED) is 0.553. The van der Waals surface area contributed by atoms with Crippen LogP contribution in [0.5, 0.6) is 0 Å². The summed E-state index contributed by atoms with van der Waals surface area (Å²) in [7, 11) is 0. The predicted octanol–water partition coefficient (Wildman–Crippen LogP) is 3.91. The van der Waals surface area contributed by atoms with Crippen LogP contribution in [0.15, 0.2) is 57.4 Å². The molecular formula is C19H19N3O2S. The fourth-order valence-corrected chi connectivity index (χ4v) is 3.89. The summed E-state index contributed by atoms with van der Waals surface area (Å²) in [5.41, 5.74) is 6.52. The van der Waals surface area contributed by atoms with Gasteiger partial charge in [0.15, 0.2) is 0 Å². The molecule has 4 rings (SSSR count). The number of amides is 1. The van der Waals surface area contributed by atoms with Gasteiger partial charge in [0.05, 0.1) is 17.1 Å². The summed E-state index contributed by atoms with van der Waals surface area (Å²) in [6, 6.07) is 14.4. The number of hydrogen-bond donors (Lipinski definition) is 2. The summed E-state index contributed by atoms with van der Waals surface area (Å²) < 4.78 is 5.37. The average Bonchev–Trinajstić information content (AvgIpc) is 3.18. The van der Waals surface area contributed by atoms with Crippen LogP contribution in [0.3, 0.4) is 0 Å². The van der Waals surface area contributed by atoms with E-state index < -0.39 is 0 Å². The lowest BCUT2D eigenvalue weighted by Crippen LogP contribution is -2.31. The van der Waals surface area contributed by atoms with Crippen LogP contribution in [-0.2, 0) is 9.53 Å². The van der Waals surface area contributed by atoms with Crippen molar-refractivity contribution in [2.75, 3.05) is 11.9 Å². The van der Waals surface area contributed by atoms with Crippen LogP contribution in [-0.4, -0.2) is 24.3 Å². The molecule has 2 aliphatic heterocycles. The summed E-state index contributed by atoms with van der Waals surface area (Å²) in [6.07, 6.45) is 1.32. The highest BCUT2D eigenvalue weighted by Gasteiger charge is 2.23. The molecule has 1 saturated heterocycles. The Hall–Kier alpha value is -2.31. The standard InChI is InChI=1S/C19H19N3O2S/c1-12(21-22-19(23)16-6-4-10-24-16)13-8-9-18-15(11-13)20-14-5-2-3-7-17(14)25-18/h2-3,5,7-9,11,16,20H,4,6,10H2,1H3,(H,22,23)/b21-12+. The van der Waals surface area contributed by atoms with Gasteiger partial charge in [-0.3, -0.25) is 4.79 Å². The molecule has 0 spiro atoms. The van der Waals surface area contributed by atoms with Crippen molar-refractivity contribution in [2.24, 2.45) is 5.10 Å². The normalized spacial score (nSPS) is 18.9. The number of carbonyl (C=O) groups excluding carboxylic acids is 1. The van der Waals surface area contributed by atoms with Crippen molar-refractivity contribution >= 4 is 34.8 Å². The molecule has 0 aromatic heterocycles. The number of carbonyl (C=O) groups is 1. The van der Waals surface area contributed by atoms with Gasteiger partial charge in [0, 0.05) is 16.4 Å². The Morgan fingerprint density at radius 3 is 2.92 bits per heavy atom. The minimum Gasteiger partial charge on any atom is -0.368 e. The maximum Gasteiger partial charge on any atom is 0.269 e. The number of hydrazone groups is 1. The van der Waals surface area contributed by atoms with E-state index in [0.717, 1.165) is 35.5 Å². The summed E-state index contributed by atoms with van der Waals surface area (Å²) in [5, 5.41) is 7.70. The van der Waals surface area contributed by atoms with Crippen molar-refractivity contribution < 1.29 is 9.53 Å². The third-order valence-corrected chi connectivity index (χ3v) is 5.48. The van der Waals surface area contributed by atoms with Crippen molar-refractivity contribution in [3.63, 3.8) is 0 Å². The zero-order valence-corrected chi connectivity index (χ0v) is 14.7. The maximum absolute atomic E-state index is 12.0. The predicted molar refractivity (Wildman–Crippen MR) is 99.6 cm³/mol. The van der Waals surface area contributed by atoms with E-state index in [4.69, 9.17) is 4.74 Å². The summed E-state index contributed by atoms with van der Waals surface area (Å²) in [4.78, 5) is 14.4. The molecule has 2 aromatic carbocycles. The van der Waals surface area contributed by atoms with E-state index in [1.54, 1.807) is 11.8 Å². The Bertz CT molecular complexity index is 844. The summed E-state index contributed by atoms with van der Waals surface area (Å²) >= 11 is 1.75. The molecule has 5 nitrogen and oxygen atoms in total. The summed E-state index contributed by atoms with van der Waals surface area (Å²) in [6.45, 7) is 2.54. The van der Waals surface area contributed by atoms with E-state index in [9.17, 15) is 4.79 Å². The lowest BCUT2D eigenvalue weighted by Gasteiger charge is -2.21. The second-order valence-corrected chi connectivity index (χ2v) is 7.19. The van der Waals surface area contributed by atoms with E-state index >= 15 is 0 Å². The Morgan fingerprint density at radius 2 is 2.08 bits per heavy atom. The molecule has 1 atom stereocenters. The molecular weight excluding hydrogens is 334 g/mol. The molecule has 2 heterocycles. The molecule has 25 heavy (non-hydrogen) atoms. The number of nitrogens with one attached hydrogen (secondary N) is 2. The van der Waals surface area contributed by atoms with Gasteiger partial charge < -0.3 is 10.1 Å². The topological polar surface area (TPSA) is 62.7 Å². The van der Waals surface area contributed by atoms with Crippen LogP contribution in [0.25, 0.3) is 0 Å². The van der Waals surface area contributed by atoms with E-state index in [2.05, 4.69) is 40.1 Å². The number of fused-ring (bicyclic) bond motifs is 2. The third kappa shape index (κ3) is 3.41. The second kappa shape index (κ2) is 6.90.